The van der Waals surface area contributed by atoms with Crippen molar-refractivity contribution in [3.63, 3.8) is 0 Å². The molecule has 0 fully saturated rings. The molecule has 0 saturated heterocycles. The van der Waals surface area contributed by atoms with Crippen molar-refractivity contribution in [3.05, 3.63) is 30.5 Å². The van der Waals surface area contributed by atoms with Gasteiger partial charge in [0.15, 0.2) is 6.29 Å². The molecule has 18 heavy (non-hydrogen) atoms. The van der Waals surface area contributed by atoms with Gasteiger partial charge in [-0.25, -0.2) is 0 Å². The van der Waals surface area contributed by atoms with Gasteiger partial charge in [0.1, 0.15) is 5.75 Å². The summed E-state index contributed by atoms with van der Waals surface area (Å²) in [6.45, 7) is 2.71. The fraction of sp³-hybridized carbons (Fsp3) is 0.429. The standard InChI is InChI=1S/C14H20N2O2/c1-10(4-6-15)8-14(17)18-12-2-3-13-11(9-12)5-7-16-13/h2-3,5,7,9-10,14,16-17H,4,6,8,15H2,1H3. The molecule has 0 saturated carbocycles. The monoisotopic (exact) mass is 248 g/mol. The van der Waals surface area contributed by atoms with Crippen LogP contribution in [0.1, 0.15) is 19.8 Å². The number of ether oxygens (including phenoxy) is 1. The molecule has 1 heterocycles. The molecule has 0 aliphatic heterocycles. The molecule has 4 nitrogen and oxygen atoms in total. The molecule has 1 aromatic carbocycles. The first-order valence-electron chi connectivity index (χ1n) is 6.31. The third-order valence-electron chi connectivity index (χ3n) is 3.06. The van der Waals surface area contributed by atoms with E-state index in [1.54, 1.807) is 0 Å². The van der Waals surface area contributed by atoms with E-state index < -0.39 is 6.29 Å². The van der Waals surface area contributed by atoms with Gasteiger partial charge in [0, 0.05) is 23.5 Å². The van der Waals surface area contributed by atoms with Crippen LogP contribution in [0.3, 0.4) is 0 Å². The largest absolute Gasteiger partial charge is 0.465 e. The van der Waals surface area contributed by atoms with Crippen LogP contribution in [0.5, 0.6) is 5.75 Å². The van der Waals surface area contributed by atoms with E-state index in [1.807, 2.05) is 30.5 Å². The maximum Gasteiger partial charge on any atom is 0.197 e. The van der Waals surface area contributed by atoms with Crippen LogP contribution in [0.15, 0.2) is 30.5 Å². The zero-order valence-corrected chi connectivity index (χ0v) is 10.6. The van der Waals surface area contributed by atoms with E-state index in [4.69, 9.17) is 10.5 Å². The quantitative estimate of drug-likeness (QED) is 0.686. The van der Waals surface area contributed by atoms with E-state index in [0.717, 1.165) is 17.3 Å². The molecule has 98 valence electrons. The number of fused-ring (bicyclic) bond motifs is 1. The molecule has 0 aliphatic carbocycles. The molecule has 2 aromatic rings. The van der Waals surface area contributed by atoms with Gasteiger partial charge in [0.25, 0.3) is 0 Å². The second kappa shape index (κ2) is 5.89. The summed E-state index contributed by atoms with van der Waals surface area (Å²) < 4.78 is 5.51. The van der Waals surface area contributed by atoms with Crippen molar-refractivity contribution in [2.45, 2.75) is 26.1 Å². The molecule has 4 heteroatoms. The van der Waals surface area contributed by atoms with Crippen LogP contribution in [-0.4, -0.2) is 22.9 Å². The van der Waals surface area contributed by atoms with E-state index in [0.29, 0.717) is 24.6 Å². The summed E-state index contributed by atoms with van der Waals surface area (Å²) in [4.78, 5) is 3.12. The first kappa shape index (κ1) is 12.9. The lowest BCUT2D eigenvalue weighted by Crippen LogP contribution is -2.20. The van der Waals surface area contributed by atoms with Crippen molar-refractivity contribution < 1.29 is 9.84 Å². The number of aliphatic hydroxyl groups excluding tert-OH is 1. The number of hydrogen-bond donors (Lipinski definition) is 3. The van der Waals surface area contributed by atoms with Crippen LogP contribution in [0.2, 0.25) is 0 Å². The Labute approximate surface area is 107 Å². The van der Waals surface area contributed by atoms with Gasteiger partial charge in [-0.2, -0.15) is 0 Å². The van der Waals surface area contributed by atoms with Gasteiger partial charge in [-0.3, -0.25) is 0 Å². The maximum absolute atomic E-state index is 9.85. The number of nitrogens with one attached hydrogen (secondary N) is 1. The number of H-pyrrole nitrogens is 1. The van der Waals surface area contributed by atoms with Gasteiger partial charge in [-0.05, 0) is 43.1 Å². The highest BCUT2D eigenvalue weighted by Gasteiger charge is 2.11. The minimum absolute atomic E-state index is 0.362. The number of aliphatic hydroxyl groups is 1. The number of nitrogens with two attached hydrogens (primary N) is 1. The summed E-state index contributed by atoms with van der Waals surface area (Å²) in [6, 6.07) is 7.70. The van der Waals surface area contributed by atoms with Crippen molar-refractivity contribution in [2.75, 3.05) is 6.54 Å². The highest BCUT2D eigenvalue weighted by molar-refractivity contribution is 5.80. The average Bonchev–Trinajstić information content (AvgIpc) is 2.76. The summed E-state index contributed by atoms with van der Waals surface area (Å²) in [7, 11) is 0. The minimum Gasteiger partial charge on any atom is -0.465 e. The maximum atomic E-state index is 9.85. The van der Waals surface area contributed by atoms with E-state index in [2.05, 4.69) is 11.9 Å². The Morgan fingerprint density at radius 2 is 2.22 bits per heavy atom. The molecule has 0 bridgehead atoms. The summed E-state index contributed by atoms with van der Waals surface area (Å²) >= 11 is 0. The summed E-state index contributed by atoms with van der Waals surface area (Å²) in [5, 5.41) is 10.9. The average molecular weight is 248 g/mol. The van der Waals surface area contributed by atoms with Crippen LogP contribution in [0.25, 0.3) is 10.9 Å². The predicted octanol–water partition coefficient (Wildman–Crippen LogP) is 2.24. The molecule has 2 rings (SSSR count). The van der Waals surface area contributed by atoms with Gasteiger partial charge in [-0.1, -0.05) is 6.92 Å². The molecule has 4 N–H and O–H groups in total. The van der Waals surface area contributed by atoms with E-state index in [1.165, 1.54) is 0 Å². The molecule has 2 unspecified atom stereocenters. The predicted molar refractivity (Wildman–Crippen MR) is 72.4 cm³/mol. The van der Waals surface area contributed by atoms with Gasteiger partial charge in [0.05, 0.1) is 0 Å². The van der Waals surface area contributed by atoms with Gasteiger partial charge in [0.2, 0.25) is 0 Å². The smallest absolute Gasteiger partial charge is 0.197 e. The molecule has 0 aliphatic rings. The van der Waals surface area contributed by atoms with Crippen LogP contribution >= 0.6 is 0 Å². The van der Waals surface area contributed by atoms with Gasteiger partial charge >= 0.3 is 0 Å². The van der Waals surface area contributed by atoms with E-state index in [-0.39, 0.29) is 0 Å². The third kappa shape index (κ3) is 3.24. The zero-order chi connectivity index (χ0) is 13.0. The Morgan fingerprint density at radius 1 is 1.39 bits per heavy atom. The summed E-state index contributed by atoms with van der Waals surface area (Å²) in [5.41, 5.74) is 6.55. The second-order valence-electron chi connectivity index (χ2n) is 4.72. The van der Waals surface area contributed by atoms with Crippen molar-refractivity contribution in [1.29, 1.82) is 0 Å². The Bertz CT molecular complexity index is 495. The highest BCUT2D eigenvalue weighted by atomic mass is 16.6. The number of hydrogen-bond acceptors (Lipinski definition) is 3. The van der Waals surface area contributed by atoms with Gasteiger partial charge < -0.3 is 20.6 Å². The Balaban J connectivity index is 1.95. The van der Waals surface area contributed by atoms with Crippen molar-refractivity contribution >= 4 is 10.9 Å². The fourth-order valence-corrected chi connectivity index (χ4v) is 2.06. The number of benzene rings is 1. The zero-order valence-electron chi connectivity index (χ0n) is 10.6. The normalized spacial score (nSPS) is 14.6. The number of rotatable bonds is 6. The minimum atomic E-state index is -0.775. The number of aromatic amines is 1. The Hall–Kier alpha value is -1.52. The fourth-order valence-electron chi connectivity index (χ4n) is 2.06. The molecular weight excluding hydrogens is 228 g/mol. The first-order valence-corrected chi connectivity index (χ1v) is 6.31. The topological polar surface area (TPSA) is 71.3 Å². The lowest BCUT2D eigenvalue weighted by atomic mass is 10.0. The lowest BCUT2D eigenvalue weighted by Gasteiger charge is -2.17. The molecule has 0 amide bonds. The second-order valence-corrected chi connectivity index (χ2v) is 4.72. The molecule has 0 spiro atoms. The van der Waals surface area contributed by atoms with E-state index >= 15 is 0 Å². The molecule has 2 atom stereocenters. The first-order chi connectivity index (χ1) is 8.69. The Kier molecular flexibility index (Phi) is 4.23. The highest BCUT2D eigenvalue weighted by Crippen LogP contribution is 2.21. The van der Waals surface area contributed by atoms with Crippen LogP contribution in [0, 0.1) is 5.92 Å². The third-order valence-corrected chi connectivity index (χ3v) is 3.06. The lowest BCUT2D eigenvalue weighted by molar-refractivity contribution is -0.0332. The SMILES string of the molecule is CC(CCN)CC(O)Oc1ccc2[nH]ccc2c1. The molecular formula is C14H20N2O2. The Morgan fingerprint density at radius 3 is 3.00 bits per heavy atom. The van der Waals surface area contributed by atoms with Crippen LogP contribution in [-0.2, 0) is 0 Å². The van der Waals surface area contributed by atoms with Crippen molar-refractivity contribution in [1.82, 2.24) is 4.98 Å². The van der Waals surface area contributed by atoms with Gasteiger partial charge in [-0.15, -0.1) is 0 Å². The van der Waals surface area contributed by atoms with E-state index in [9.17, 15) is 5.11 Å². The van der Waals surface area contributed by atoms with Crippen molar-refractivity contribution in [3.8, 4) is 5.75 Å². The molecule has 0 radical (unpaired) electrons. The van der Waals surface area contributed by atoms with Crippen LogP contribution < -0.4 is 10.5 Å². The van der Waals surface area contributed by atoms with Crippen molar-refractivity contribution in [2.24, 2.45) is 11.7 Å². The number of aromatic nitrogens is 1. The molecule has 1 aromatic heterocycles. The van der Waals surface area contributed by atoms with Crippen LogP contribution in [0.4, 0.5) is 0 Å². The summed E-state index contributed by atoms with van der Waals surface area (Å²) in [6.07, 6.45) is 2.61. The summed E-state index contributed by atoms with van der Waals surface area (Å²) in [5.74, 6) is 1.05.